The van der Waals surface area contributed by atoms with E-state index in [4.69, 9.17) is 15.2 Å². The van der Waals surface area contributed by atoms with E-state index in [1.165, 1.54) is 5.56 Å². The van der Waals surface area contributed by atoms with Gasteiger partial charge in [0.15, 0.2) is 0 Å². The Kier molecular flexibility index (Phi) is 9.06. The molecule has 4 heteroatoms. The van der Waals surface area contributed by atoms with Crippen LogP contribution in [0.15, 0.2) is 24.3 Å². The number of nitrogens with zero attached hydrogens (tertiary/aromatic N) is 1. The minimum absolute atomic E-state index is 0.650. The average Bonchev–Trinajstić information content (AvgIpc) is 2.46. The molecule has 0 aromatic heterocycles. The third kappa shape index (κ3) is 8.05. The Bertz CT molecular complexity index is 366. The van der Waals surface area contributed by atoms with E-state index in [0.29, 0.717) is 19.1 Å². The van der Waals surface area contributed by atoms with E-state index in [1.54, 1.807) is 7.11 Å². The standard InChI is InChI=1S/C17H30N2O2/c1-15(2)14-19(10-12-20-3)11-13-21-17-6-4-16(5-7-17)8-9-18/h4-7,15H,8-14,18H2,1-3H3. The first kappa shape index (κ1) is 18.0. The highest BCUT2D eigenvalue weighted by Gasteiger charge is 2.07. The molecule has 0 saturated heterocycles. The Morgan fingerprint density at radius 1 is 1.10 bits per heavy atom. The number of hydrogen-bond acceptors (Lipinski definition) is 4. The molecule has 0 aliphatic carbocycles. The van der Waals surface area contributed by atoms with Gasteiger partial charge < -0.3 is 15.2 Å². The van der Waals surface area contributed by atoms with Gasteiger partial charge in [0.1, 0.15) is 12.4 Å². The van der Waals surface area contributed by atoms with Gasteiger partial charge in [0.25, 0.3) is 0 Å². The van der Waals surface area contributed by atoms with Crippen LogP contribution in [0.5, 0.6) is 5.75 Å². The Labute approximate surface area is 129 Å². The summed E-state index contributed by atoms with van der Waals surface area (Å²) in [4.78, 5) is 2.39. The molecule has 2 N–H and O–H groups in total. The molecule has 0 bridgehead atoms. The third-order valence-corrected chi connectivity index (χ3v) is 3.27. The van der Waals surface area contributed by atoms with E-state index >= 15 is 0 Å². The molecule has 0 unspecified atom stereocenters. The van der Waals surface area contributed by atoms with Crippen LogP contribution in [0.25, 0.3) is 0 Å². The predicted molar refractivity (Wildman–Crippen MR) is 87.8 cm³/mol. The first-order valence-electron chi connectivity index (χ1n) is 7.78. The summed E-state index contributed by atoms with van der Waals surface area (Å²) in [6.07, 6.45) is 0.916. The molecule has 0 aliphatic rings. The topological polar surface area (TPSA) is 47.7 Å². The molecule has 0 saturated carbocycles. The van der Waals surface area contributed by atoms with Gasteiger partial charge in [-0.2, -0.15) is 0 Å². The van der Waals surface area contributed by atoms with Crippen LogP contribution >= 0.6 is 0 Å². The molecule has 0 aliphatic heterocycles. The van der Waals surface area contributed by atoms with Gasteiger partial charge in [-0.1, -0.05) is 26.0 Å². The van der Waals surface area contributed by atoms with E-state index < -0.39 is 0 Å². The molecule has 21 heavy (non-hydrogen) atoms. The highest BCUT2D eigenvalue weighted by molar-refractivity contribution is 5.27. The lowest BCUT2D eigenvalue weighted by Gasteiger charge is -2.23. The summed E-state index contributed by atoms with van der Waals surface area (Å²) in [5, 5.41) is 0. The Morgan fingerprint density at radius 2 is 1.76 bits per heavy atom. The maximum atomic E-state index is 5.82. The van der Waals surface area contributed by atoms with E-state index in [9.17, 15) is 0 Å². The lowest BCUT2D eigenvalue weighted by atomic mass is 10.1. The zero-order chi connectivity index (χ0) is 15.5. The van der Waals surface area contributed by atoms with Crippen LogP contribution in [0.1, 0.15) is 19.4 Å². The van der Waals surface area contributed by atoms with Crippen LogP contribution in [0, 0.1) is 5.92 Å². The molecule has 0 atom stereocenters. The fourth-order valence-corrected chi connectivity index (χ4v) is 2.24. The van der Waals surface area contributed by atoms with E-state index in [1.807, 2.05) is 12.1 Å². The van der Waals surface area contributed by atoms with Crippen molar-refractivity contribution in [1.82, 2.24) is 4.90 Å². The Hall–Kier alpha value is -1.10. The summed E-state index contributed by atoms with van der Waals surface area (Å²) in [5.74, 6) is 1.57. The first-order chi connectivity index (χ1) is 10.2. The van der Waals surface area contributed by atoms with Gasteiger partial charge in [0, 0.05) is 26.7 Å². The summed E-state index contributed by atoms with van der Waals surface area (Å²) >= 11 is 0. The number of rotatable bonds is 11. The fourth-order valence-electron chi connectivity index (χ4n) is 2.24. The van der Waals surface area contributed by atoms with Crippen molar-refractivity contribution in [2.45, 2.75) is 20.3 Å². The van der Waals surface area contributed by atoms with Crippen molar-refractivity contribution in [2.75, 3.05) is 46.5 Å². The van der Waals surface area contributed by atoms with Crippen molar-refractivity contribution >= 4 is 0 Å². The van der Waals surface area contributed by atoms with Gasteiger partial charge in [0.2, 0.25) is 0 Å². The van der Waals surface area contributed by atoms with Crippen molar-refractivity contribution in [3.8, 4) is 5.75 Å². The monoisotopic (exact) mass is 294 g/mol. The summed E-state index contributed by atoms with van der Waals surface area (Å²) in [6.45, 7) is 9.56. The number of nitrogens with two attached hydrogens (primary N) is 1. The minimum atomic E-state index is 0.650. The van der Waals surface area contributed by atoms with Crippen molar-refractivity contribution in [3.63, 3.8) is 0 Å². The van der Waals surface area contributed by atoms with Crippen molar-refractivity contribution in [1.29, 1.82) is 0 Å². The predicted octanol–water partition coefficient (Wildman–Crippen LogP) is 2.17. The second kappa shape index (κ2) is 10.6. The number of benzene rings is 1. The normalized spacial score (nSPS) is 11.3. The SMILES string of the molecule is COCCN(CCOc1ccc(CCN)cc1)CC(C)C. The molecule has 0 radical (unpaired) electrons. The van der Waals surface area contributed by atoms with E-state index in [2.05, 4.69) is 30.9 Å². The summed E-state index contributed by atoms with van der Waals surface area (Å²) in [5.41, 5.74) is 6.80. The van der Waals surface area contributed by atoms with Crippen LogP contribution in [0.2, 0.25) is 0 Å². The molecule has 0 fully saturated rings. The van der Waals surface area contributed by atoms with Gasteiger partial charge in [-0.25, -0.2) is 0 Å². The van der Waals surface area contributed by atoms with Crippen molar-refractivity contribution < 1.29 is 9.47 Å². The number of ether oxygens (including phenoxy) is 2. The van der Waals surface area contributed by atoms with Gasteiger partial charge in [0.05, 0.1) is 6.61 Å². The van der Waals surface area contributed by atoms with Crippen molar-refractivity contribution in [3.05, 3.63) is 29.8 Å². The van der Waals surface area contributed by atoms with Crippen molar-refractivity contribution in [2.24, 2.45) is 11.7 Å². The first-order valence-corrected chi connectivity index (χ1v) is 7.78. The molecular formula is C17H30N2O2. The zero-order valence-corrected chi connectivity index (χ0v) is 13.7. The minimum Gasteiger partial charge on any atom is -0.492 e. The molecule has 4 nitrogen and oxygen atoms in total. The fraction of sp³-hybridized carbons (Fsp3) is 0.647. The Balaban J connectivity index is 2.34. The largest absolute Gasteiger partial charge is 0.492 e. The van der Waals surface area contributed by atoms with Gasteiger partial charge in [-0.05, 0) is 36.6 Å². The lowest BCUT2D eigenvalue weighted by Crippen LogP contribution is -2.34. The summed E-state index contributed by atoms with van der Waals surface area (Å²) < 4.78 is 11.0. The van der Waals surface area contributed by atoms with Gasteiger partial charge in [-0.3, -0.25) is 4.90 Å². The molecule has 120 valence electrons. The summed E-state index contributed by atoms with van der Waals surface area (Å²) in [7, 11) is 1.74. The van der Waals surface area contributed by atoms with Crippen LogP contribution in [-0.2, 0) is 11.2 Å². The number of methoxy groups -OCH3 is 1. The average molecular weight is 294 g/mol. The molecule has 1 aromatic rings. The van der Waals surface area contributed by atoms with Crippen LogP contribution < -0.4 is 10.5 Å². The maximum absolute atomic E-state index is 5.82. The quantitative estimate of drug-likeness (QED) is 0.679. The maximum Gasteiger partial charge on any atom is 0.119 e. The van der Waals surface area contributed by atoms with E-state index in [-0.39, 0.29) is 0 Å². The molecule has 0 amide bonds. The molecule has 0 spiro atoms. The highest BCUT2D eigenvalue weighted by atomic mass is 16.5. The van der Waals surface area contributed by atoms with Crippen LogP contribution in [-0.4, -0.2) is 51.4 Å². The lowest BCUT2D eigenvalue weighted by molar-refractivity contribution is 0.127. The zero-order valence-electron chi connectivity index (χ0n) is 13.7. The van der Waals surface area contributed by atoms with E-state index in [0.717, 1.165) is 38.4 Å². The molecule has 1 aromatic carbocycles. The smallest absolute Gasteiger partial charge is 0.119 e. The van der Waals surface area contributed by atoms with Crippen LogP contribution in [0.3, 0.4) is 0 Å². The highest BCUT2D eigenvalue weighted by Crippen LogP contribution is 2.12. The van der Waals surface area contributed by atoms with Gasteiger partial charge >= 0.3 is 0 Å². The number of hydrogen-bond donors (Lipinski definition) is 1. The second-order valence-corrected chi connectivity index (χ2v) is 5.72. The Morgan fingerprint density at radius 3 is 2.33 bits per heavy atom. The summed E-state index contributed by atoms with van der Waals surface area (Å²) in [6, 6.07) is 8.21. The molecule has 1 rings (SSSR count). The van der Waals surface area contributed by atoms with Crippen LogP contribution in [0.4, 0.5) is 0 Å². The van der Waals surface area contributed by atoms with Gasteiger partial charge in [-0.15, -0.1) is 0 Å². The molecular weight excluding hydrogens is 264 g/mol. The third-order valence-electron chi connectivity index (χ3n) is 3.27. The molecule has 0 heterocycles. The second-order valence-electron chi connectivity index (χ2n) is 5.72.